The maximum absolute atomic E-state index is 4.18. The zero-order valence-corrected chi connectivity index (χ0v) is 11.7. The van der Waals surface area contributed by atoms with E-state index >= 15 is 0 Å². The summed E-state index contributed by atoms with van der Waals surface area (Å²) < 4.78 is 0. The van der Waals surface area contributed by atoms with Gasteiger partial charge in [0.15, 0.2) is 0 Å². The Morgan fingerprint density at radius 3 is 2.44 bits per heavy atom. The van der Waals surface area contributed by atoms with E-state index in [1.54, 1.807) is 0 Å². The van der Waals surface area contributed by atoms with Gasteiger partial charge in [0.2, 0.25) is 0 Å². The summed E-state index contributed by atoms with van der Waals surface area (Å²) in [7, 11) is 0. The first-order chi connectivity index (χ1) is 8.83. The average molecular weight is 247 g/mol. The second-order valence-corrected chi connectivity index (χ2v) is 5.14. The Labute approximate surface area is 111 Å². The number of hydrogen-bond donors (Lipinski definition) is 0. The van der Waals surface area contributed by atoms with Crippen LogP contribution in [0.15, 0.2) is 24.5 Å². The number of rotatable bonds is 5. The molecule has 2 heterocycles. The molecule has 1 fully saturated rings. The van der Waals surface area contributed by atoms with E-state index in [0.717, 1.165) is 12.6 Å². The van der Waals surface area contributed by atoms with Gasteiger partial charge in [0.05, 0.1) is 0 Å². The Balaban J connectivity index is 1.80. The van der Waals surface area contributed by atoms with Gasteiger partial charge in [0.25, 0.3) is 0 Å². The molecule has 18 heavy (non-hydrogen) atoms. The van der Waals surface area contributed by atoms with Crippen LogP contribution in [-0.4, -0.2) is 47.0 Å². The molecular formula is C15H25N3. The van der Waals surface area contributed by atoms with Crippen molar-refractivity contribution in [2.75, 3.05) is 26.2 Å². The number of aromatic nitrogens is 1. The van der Waals surface area contributed by atoms with Crippen LogP contribution in [0.3, 0.4) is 0 Å². The highest BCUT2D eigenvalue weighted by Crippen LogP contribution is 2.13. The molecule has 0 saturated carbocycles. The highest BCUT2D eigenvalue weighted by molar-refractivity contribution is 5.08. The summed E-state index contributed by atoms with van der Waals surface area (Å²) in [5.41, 5.74) is 1.33. The van der Waals surface area contributed by atoms with Crippen LogP contribution in [0.4, 0.5) is 0 Å². The minimum Gasteiger partial charge on any atom is -0.298 e. The van der Waals surface area contributed by atoms with Crippen molar-refractivity contribution in [1.82, 2.24) is 14.8 Å². The van der Waals surface area contributed by atoms with E-state index in [0.29, 0.717) is 0 Å². The maximum atomic E-state index is 4.18. The predicted octanol–water partition coefficient (Wildman–Crippen LogP) is 2.39. The van der Waals surface area contributed by atoms with E-state index in [1.807, 2.05) is 18.5 Å². The third kappa shape index (κ3) is 3.53. The molecule has 0 amide bonds. The largest absolute Gasteiger partial charge is 0.298 e. The molecule has 2 rings (SSSR count). The summed E-state index contributed by atoms with van der Waals surface area (Å²) in [4.78, 5) is 9.37. The second kappa shape index (κ2) is 6.86. The van der Waals surface area contributed by atoms with Gasteiger partial charge in [-0.1, -0.05) is 19.9 Å². The second-order valence-electron chi connectivity index (χ2n) is 5.14. The Kier molecular flexibility index (Phi) is 5.14. The van der Waals surface area contributed by atoms with Crippen molar-refractivity contribution >= 4 is 0 Å². The lowest BCUT2D eigenvalue weighted by atomic mass is 10.1. The monoisotopic (exact) mass is 247 g/mol. The number of nitrogens with zero attached hydrogens (tertiary/aromatic N) is 3. The Morgan fingerprint density at radius 1 is 1.17 bits per heavy atom. The predicted molar refractivity (Wildman–Crippen MR) is 75.5 cm³/mol. The normalized spacial score (nSPS) is 18.4. The Hall–Kier alpha value is -0.930. The molecule has 3 nitrogen and oxygen atoms in total. The molecule has 1 saturated heterocycles. The summed E-state index contributed by atoms with van der Waals surface area (Å²) in [5, 5.41) is 0. The van der Waals surface area contributed by atoms with Crippen LogP contribution in [-0.2, 0) is 6.54 Å². The minimum atomic E-state index is 0.783. The smallest absolute Gasteiger partial charge is 0.0312 e. The minimum absolute atomic E-state index is 0.783. The lowest BCUT2D eigenvalue weighted by Crippen LogP contribution is -2.49. The van der Waals surface area contributed by atoms with E-state index in [9.17, 15) is 0 Å². The molecule has 0 unspecified atom stereocenters. The molecule has 0 aliphatic carbocycles. The molecule has 0 atom stereocenters. The van der Waals surface area contributed by atoms with Crippen LogP contribution in [0, 0.1) is 0 Å². The summed E-state index contributed by atoms with van der Waals surface area (Å²) in [5.74, 6) is 0. The van der Waals surface area contributed by atoms with Gasteiger partial charge in [-0.15, -0.1) is 0 Å². The summed E-state index contributed by atoms with van der Waals surface area (Å²) in [6.07, 6.45) is 6.38. The first-order valence-corrected chi connectivity index (χ1v) is 7.18. The molecule has 1 aromatic rings. The van der Waals surface area contributed by atoms with Crippen LogP contribution in [0.25, 0.3) is 0 Å². The van der Waals surface area contributed by atoms with Gasteiger partial charge in [-0.2, -0.15) is 0 Å². The molecule has 100 valence electrons. The molecule has 0 aromatic carbocycles. The third-order valence-corrected chi connectivity index (χ3v) is 3.99. The molecule has 1 aliphatic heterocycles. The lowest BCUT2D eigenvalue weighted by molar-refractivity contribution is 0.0880. The van der Waals surface area contributed by atoms with Crippen molar-refractivity contribution in [1.29, 1.82) is 0 Å². The third-order valence-electron chi connectivity index (χ3n) is 3.99. The van der Waals surface area contributed by atoms with Crippen molar-refractivity contribution in [2.45, 2.75) is 39.3 Å². The Morgan fingerprint density at radius 2 is 1.89 bits per heavy atom. The maximum Gasteiger partial charge on any atom is 0.0312 e. The number of piperazine rings is 1. The van der Waals surface area contributed by atoms with Crippen LogP contribution < -0.4 is 0 Å². The molecular weight excluding hydrogens is 222 g/mol. The van der Waals surface area contributed by atoms with Crippen molar-refractivity contribution < 1.29 is 0 Å². The zero-order valence-electron chi connectivity index (χ0n) is 11.7. The summed E-state index contributed by atoms with van der Waals surface area (Å²) >= 11 is 0. The molecule has 0 bridgehead atoms. The van der Waals surface area contributed by atoms with Gasteiger partial charge in [-0.05, 0) is 24.5 Å². The first kappa shape index (κ1) is 13.5. The highest BCUT2D eigenvalue weighted by Gasteiger charge is 2.21. The van der Waals surface area contributed by atoms with E-state index < -0.39 is 0 Å². The van der Waals surface area contributed by atoms with Crippen molar-refractivity contribution in [3.05, 3.63) is 30.1 Å². The lowest BCUT2D eigenvalue weighted by Gasteiger charge is -2.38. The van der Waals surface area contributed by atoms with Gasteiger partial charge in [0.1, 0.15) is 0 Å². The average Bonchev–Trinajstić information content (AvgIpc) is 2.43. The summed E-state index contributed by atoms with van der Waals surface area (Å²) in [6.45, 7) is 10.5. The molecule has 0 radical (unpaired) electrons. The van der Waals surface area contributed by atoms with E-state index in [-0.39, 0.29) is 0 Å². The Bertz CT molecular complexity index is 327. The van der Waals surface area contributed by atoms with Gasteiger partial charge >= 0.3 is 0 Å². The van der Waals surface area contributed by atoms with E-state index in [4.69, 9.17) is 0 Å². The van der Waals surface area contributed by atoms with E-state index in [2.05, 4.69) is 34.7 Å². The molecule has 1 aromatic heterocycles. The van der Waals surface area contributed by atoms with Crippen molar-refractivity contribution in [2.24, 2.45) is 0 Å². The fraction of sp³-hybridized carbons (Fsp3) is 0.667. The molecule has 0 spiro atoms. The van der Waals surface area contributed by atoms with Crippen LogP contribution in [0.2, 0.25) is 0 Å². The summed E-state index contributed by atoms with van der Waals surface area (Å²) in [6, 6.07) is 4.97. The zero-order chi connectivity index (χ0) is 12.8. The first-order valence-electron chi connectivity index (χ1n) is 7.18. The molecule has 0 N–H and O–H groups in total. The number of hydrogen-bond acceptors (Lipinski definition) is 3. The SMILES string of the molecule is CCC(CC)N1CCN(Cc2cccnc2)CC1. The topological polar surface area (TPSA) is 19.4 Å². The fourth-order valence-corrected chi connectivity index (χ4v) is 2.84. The van der Waals surface area contributed by atoms with Gasteiger partial charge in [-0.25, -0.2) is 0 Å². The van der Waals surface area contributed by atoms with Crippen molar-refractivity contribution in [3.8, 4) is 0 Å². The van der Waals surface area contributed by atoms with Crippen LogP contribution >= 0.6 is 0 Å². The standard InChI is InChI=1S/C15H25N3/c1-3-15(4-2)18-10-8-17(9-11-18)13-14-6-5-7-16-12-14/h5-7,12,15H,3-4,8-11,13H2,1-2H3. The highest BCUT2D eigenvalue weighted by atomic mass is 15.3. The fourth-order valence-electron chi connectivity index (χ4n) is 2.84. The molecule has 3 heteroatoms. The van der Waals surface area contributed by atoms with Gasteiger partial charge < -0.3 is 0 Å². The van der Waals surface area contributed by atoms with Crippen molar-refractivity contribution in [3.63, 3.8) is 0 Å². The molecule has 1 aliphatic rings. The van der Waals surface area contributed by atoms with Gasteiger partial charge in [0, 0.05) is 51.2 Å². The number of pyridine rings is 1. The van der Waals surface area contributed by atoms with Gasteiger partial charge in [-0.3, -0.25) is 14.8 Å². The quantitative estimate of drug-likeness (QED) is 0.796. The van der Waals surface area contributed by atoms with Crippen LogP contribution in [0.5, 0.6) is 0 Å². The van der Waals surface area contributed by atoms with Crippen LogP contribution in [0.1, 0.15) is 32.3 Å². The van der Waals surface area contributed by atoms with E-state index in [1.165, 1.54) is 44.6 Å².